The Morgan fingerprint density at radius 3 is 2.53 bits per heavy atom. The Morgan fingerprint density at radius 1 is 1.07 bits per heavy atom. The average molecular weight is 412 g/mol. The van der Waals surface area contributed by atoms with Gasteiger partial charge in [0.05, 0.1) is 31.8 Å². The number of hydrogen-bond acceptors (Lipinski definition) is 8. The lowest BCUT2D eigenvalue weighted by atomic mass is 10.0. The van der Waals surface area contributed by atoms with Crippen molar-refractivity contribution in [2.45, 2.75) is 6.92 Å². The molecule has 1 aromatic heterocycles. The van der Waals surface area contributed by atoms with Crippen molar-refractivity contribution in [1.29, 1.82) is 0 Å². The van der Waals surface area contributed by atoms with Crippen LogP contribution in [0.15, 0.2) is 51.7 Å². The number of benzene rings is 2. The summed E-state index contributed by atoms with van der Waals surface area (Å²) >= 11 is 0. The predicted octanol–water partition coefficient (Wildman–Crippen LogP) is 3.20. The van der Waals surface area contributed by atoms with Crippen molar-refractivity contribution in [2.75, 3.05) is 27.4 Å². The second-order valence-electron chi connectivity index (χ2n) is 6.08. The number of carbonyl (C=O) groups excluding carboxylic acids is 2. The van der Waals surface area contributed by atoms with Crippen LogP contribution in [0.4, 0.5) is 0 Å². The van der Waals surface area contributed by atoms with Crippen molar-refractivity contribution in [3.8, 4) is 22.6 Å². The van der Waals surface area contributed by atoms with E-state index in [-0.39, 0.29) is 41.3 Å². The Morgan fingerprint density at radius 2 is 1.83 bits per heavy atom. The molecule has 3 rings (SSSR count). The fourth-order valence-corrected chi connectivity index (χ4v) is 2.90. The molecule has 3 aromatic rings. The van der Waals surface area contributed by atoms with Crippen LogP contribution in [-0.4, -0.2) is 39.4 Å². The van der Waals surface area contributed by atoms with Crippen LogP contribution < -0.4 is 14.9 Å². The second-order valence-corrected chi connectivity index (χ2v) is 6.08. The van der Waals surface area contributed by atoms with Crippen LogP contribution in [0.25, 0.3) is 22.1 Å². The monoisotopic (exact) mass is 412 g/mol. The van der Waals surface area contributed by atoms with Gasteiger partial charge < -0.3 is 23.4 Å². The number of esters is 2. The maximum Gasteiger partial charge on any atom is 0.375 e. The lowest BCUT2D eigenvalue weighted by Crippen LogP contribution is -2.16. The summed E-state index contributed by atoms with van der Waals surface area (Å²) < 4.78 is 26.1. The summed E-state index contributed by atoms with van der Waals surface area (Å²) in [5, 5.41) is 0.231. The molecule has 0 fully saturated rings. The van der Waals surface area contributed by atoms with Gasteiger partial charge in [-0.1, -0.05) is 18.2 Å². The standard InChI is InChI=1S/C22H20O8/c1-4-28-22(25)21-19(14-7-5-6-8-16(14)26-2)20(24)15-10-9-13(11-17(15)30-21)29-12-18(23)27-3/h5-11H,4,12H2,1-3H3. The molecule has 0 spiro atoms. The molecule has 0 amide bonds. The number of ether oxygens (including phenoxy) is 4. The molecule has 0 aliphatic heterocycles. The number of hydrogen-bond donors (Lipinski definition) is 0. The number of methoxy groups -OCH3 is 2. The molecule has 8 heteroatoms. The van der Waals surface area contributed by atoms with E-state index < -0.39 is 17.4 Å². The molecule has 0 saturated carbocycles. The van der Waals surface area contributed by atoms with Crippen LogP contribution in [0.3, 0.4) is 0 Å². The predicted molar refractivity (Wildman–Crippen MR) is 108 cm³/mol. The lowest BCUT2D eigenvalue weighted by Gasteiger charge is -2.13. The van der Waals surface area contributed by atoms with E-state index in [2.05, 4.69) is 4.74 Å². The number of para-hydroxylation sites is 1. The molecule has 1 heterocycles. The van der Waals surface area contributed by atoms with Gasteiger partial charge in [0.25, 0.3) is 0 Å². The van der Waals surface area contributed by atoms with Gasteiger partial charge in [-0.15, -0.1) is 0 Å². The maximum atomic E-state index is 13.3. The van der Waals surface area contributed by atoms with Crippen molar-refractivity contribution in [3.63, 3.8) is 0 Å². The fourth-order valence-electron chi connectivity index (χ4n) is 2.90. The molecular formula is C22H20O8. The first-order chi connectivity index (χ1) is 14.5. The largest absolute Gasteiger partial charge is 0.496 e. The number of fused-ring (bicyclic) bond motifs is 1. The maximum absolute atomic E-state index is 13.3. The molecule has 30 heavy (non-hydrogen) atoms. The van der Waals surface area contributed by atoms with Gasteiger partial charge in [0, 0.05) is 11.6 Å². The molecule has 8 nitrogen and oxygen atoms in total. The second kappa shape index (κ2) is 9.13. The Labute approximate surface area is 171 Å². The van der Waals surface area contributed by atoms with E-state index in [1.807, 2.05) is 0 Å². The van der Waals surface area contributed by atoms with E-state index in [9.17, 15) is 14.4 Å². The zero-order valence-electron chi connectivity index (χ0n) is 16.7. The van der Waals surface area contributed by atoms with Gasteiger partial charge in [-0.25, -0.2) is 9.59 Å². The lowest BCUT2D eigenvalue weighted by molar-refractivity contribution is -0.142. The summed E-state index contributed by atoms with van der Waals surface area (Å²) in [6, 6.07) is 11.3. The molecule has 0 aliphatic rings. The first-order valence-electron chi connectivity index (χ1n) is 9.11. The smallest absolute Gasteiger partial charge is 0.375 e. The molecule has 2 aromatic carbocycles. The molecule has 0 saturated heterocycles. The Bertz CT molecular complexity index is 1150. The molecule has 156 valence electrons. The highest BCUT2D eigenvalue weighted by Gasteiger charge is 2.25. The molecule has 0 radical (unpaired) electrons. The number of rotatable bonds is 7. The van der Waals surface area contributed by atoms with E-state index in [1.54, 1.807) is 31.2 Å². The van der Waals surface area contributed by atoms with E-state index >= 15 is 0 Å². The SMILES string of the molecule is CCOC(=O)c1oc2cc(OCC(=O)OC)ccc2c(=O)c1-c1ccccc1OC. The van der Waals surface area contributed by atoms with E-state index in [0.717, 1.165) is 0 Å². The van der Waals surface area contributed by atoms with Crippen LogP contribution >= 0.6 is 0 Å². The average Bonchev–Trinajstić information content (AvgIpc) is 2.77. The van der Waals surface area contributed by atoms with Crippen molar-refractivity contribution in [2.24, 2.45) is 0 Å². The van der Waals surface area contributed by atoms with Crippen LogP contribution in [0.2, 0.25) is 0 Å². The van der Waals surface area contributed by atoms with Gasteiger partial charge in [-0.3, -0.25) is 4.79 Å². The summed E-state index contributed by atoms with van der Waals surface area (Å²) in [5.41, 5.74) is 0.138. The summed E-state index contributed by atoms with van der Waals surface area (Å²) in [6.45, 7) is 1.45. The van der Waals surface area contributed by atoms with Gasteiger partial charge >= 0.3 is 11.9 Å². The summed E-state index contributed by atoms with van der Waals surface area (Å²) in [5.74, 6) is -0.902. The highest BCUT2D eigenvalue weighted by molar-refractivity contribution is 5.98. The minimum atomic E-state index is -0.779. The van der Waals surface area contributed by atoms with Crippen LogP contribution in [-0.2, 0) is 14.3 Å². The third kappa shape index (κ3) is 4.12. The Hall–Kier alpha value is -3.81. The van der Waals surface area contributed by atoms with E-state index in [4.69, 9.17) is 18.6 Å². The number of carbonyl (C=O) groups is 2. The first kappa shape index (κ1) is 20.9. The quantitative estimate of drug-likeness (QED) is 0.545. The first-order valence-corrected chi connectivity index (χ1v) is 9.11. The molecule has 0 atom stereocenters. The molecular weight excluding hydrogens is 392 g/mol. The zero-order valence-corrected chi connectivity index (χ0v) is 16.7. The topological polar surface area (TPSA) is 101 Å². The minimum Gasteiger partial charge on any atom is -0.496 e. The van der Waals surface area contributed by atoms with Gasteiger partial charge in [0.2, 0.25) is 11.2 Å². The van der Waals surface area contributed by atoms with E-state index in [1.165, 1.54) is 32.4 Å². The third-order valence-corrected chi connectivity index (χ3v) is 4.29. The summed E-state index contributed by atoms with van der Waals surface area (Å²) in [4.78, 5) is 37.2. The van der Waals surface area contributed by atoms with Crippen molar-refractivity contribution < 1.29 is 33.0 Å². The molecule has 0 unspecified atom stereocenters. The molecule has 0 N–H and O–H groups in total. The summed E-state index contributed by atoms with van der Waals surface area (Å²) in [6.07, 6.45) is 0. The molecule has 0 bridgehead atoms. The zero-order chi connectivity index (χ0) is 21.7. The highest BCUT2D eigenvalue weighted by atomic mass is 16.6. The van der Waals surface area contributed by atoms with Gasteiger partial charge in [0.15, 0.2) is 6.61 Å². The fraction of sp³-hybridized carbons (Fsp3) is 0.227. The molecule has 0 aliphatic carbocycles. The van der Waals surface area contributed by atoms with Gasteiger partial charge in [-0.2, -0.15) is 0 Å². The van der Waals surface area contributed by atoms with Gasteiger partial charge in [-0.05, 0) is 25.1 Å². The minimum absolute atomic E-state index is 0.0432. The van der Waals surface area contributed by atoms with Crippen molar-refractivity contribution in [1.82, 2.24) is 0 Å². The van der Waals surface area contributed by atoms with Crippen molar-refractivity contribution in [3.05, 3.63) is 58.4 Å². The van der Waals surface area contributed by atoms with Crippen molar-refractivity contribution >= 4 is 22.9 Å². The van der Waals surface area contributed by atoms with Gasteiger partial charge in [0.1, 0.15) is 17.1 Å². The third-order valence-electron chi connectivity index (χ3n) is 4.29. The highest BCUT2D eigenvalue weighted by Crippen LogP contribution is 2.33. The Kier molecular flexibility index (Phi) is 6.36. The van der Waals surface area contributed by atoms with Crippen LogP contribution in [0, 0.1) is 0 Å². The van der Waals surface area contributed by atoms with Crippen LogP contribution in [0.1, 0.15) is 17.5 Å². The summed E-state index contributed by atoms with van der Waals surface area (Å²) in [7, 11) is 2.71. The van der Waals surface area contributed by atoms with Crippen LogP contribution in [0.5, 0.6) is 11.5 Å². The Balaban J connectivity index is 2.21. The van der Waals surface area contributed by atoms with E-state index in [0.29, 0.717) is 11.3 Å². The normalized spacial score (nSPS) is 10.5.